The van der Waals surface area contributed by atoms with Gasteiger partial charge in [0.25, 0.3) is 11.5 Å². The molecule has 35 heavy (non-hydrogen) atoms. The molecule has 0 unspecified atom stereocenters. The zero-order valence-corrected chi connectivity index (χ0v) is 18.6. The molecule has 1 aliphatic heterocycles. The Labute approximate surface area is 199 Å². The quantitative estimate of drug-likeness (QED) is 0.465. The summed E-state index contributed by atoms with van der Waals surface area (Å²) in [5.41, 5.74) is -1.36. The fourth-order valence-electron chi connectivity index (χ4n) is 3.68. The molecule has 9 nitrogen and oxygen atoms in total. The van der Waals surface area contributed by atoms with Crippen LogP contribution in [0.2, 0.25) is 0 Å². The SMILES string of the molecule is O=C(O)CNC(=O)c1c(O)c2c(n(Cc3cnc(-c4ccccc4C(F)(F)F)cn3)c1=O)CSC2. The Kier molecular flexibility index (Phi) is 6.52. The third-order valence-electron chi connectivity index (χ3n) is 5.30. The van der Waals surface area contributed by atoms with Gasteiger partial charge in [-0.15, -0.1) is 0 Å². The highest BCUT2D eigenvalue weighted by molar-refractivity contribution is 7.98. The number of halogens is 3. The Hall–Kier alpha value is -3.87. The molecule has 0 fully saturated rings. The lowest BCUT2D eigenvalue weighted by Crippen LogP contribution is -2.37. The van der Waals surface area contributed by atoms with Gasteiger partial charge in [-0.3, -0.25) is 24.4 Å². The van der Waals surface area contributed by atoms with Crippen LogP contribution in [0.3, 0.4) is 0 Å². The number of hydrogen-bond donors (Lipinski definition) is 3. The van der Waals surface area contributed by atoms with Crippen LogP contribution in [0.15, 0.2) is 41.5 Å². The Morgan fingerprint density at radius 2 is 1.89 bits per heavy atom. The molecule has 3 heterocycles. The number of nitrogens with zero attached hydrogens (tertiary/aromatic N) is 3. The molecule has 1 aromatic carbocycles. The van der Waals surface area contributed by atoms with Crippen molar-refractivity contribution in [2.24, 2.45) is 0 Å². The minimum Gasteiger partial charge on any atom is -0.507 e. The van der Waals surface area contributed by atoms with E-state index in [1.807, 2.05) is 0 Å². The maximum atomic E-state index is 13.3. The third kappa shape index (κ3) is 4.85. The molecule has 13 heteroatoms. The average molecular weight is 506 g/mol. The molecule has 0 bridgehead atoms. The molecule has 1 amide bonds. The van der Waals surface area contributed by atoms with Crippen LogP contribution in [0.25, 0.3) is 11.3 Å². The van der Waals surface area contributed by atoms with Gasteiger partial charge in [0.1, 0.15) is 17.9 Å². The molecule has 0 atom stereocenters. The second-order valence-electron chi connectivity index (χ2n) is 7.55. The monoisotopic (exact) mass is 506 g/mol. The second kappa shape index (κ2) is 9.41. The average Bonchev–Trinajstić information content (AvgIpc) is 3.31. The van der Waals surface area contributed by atoms with Crippen LogP contribution in [0, 0.1) is 0 Å². The lowest BCUT2D eigenvalue weighted by Gasteiger charge is -2.16. The number of carbonyl (C=O) groups is 2. The molecule has 3 aromatic rings. The van der Waals surface area contributed by atoms with Crippen LogP contribution >= 0.6 is 11.8 Å². The number of fused-ring (bicyclic) bond motifs is 1. The molecule has 0 radical (unpaired) electrons. The van der Waals surface area contributed by atoms with Gasteiger partial charge in [-0.1, -0.05) is 18.2 Å². The van der Waals surface area contributed by atoms with Crippen molar-refractivity contribution in [2.45, 2.75) is 24.2 Å². The molecule has 0 spiro atoms. The number of carboxylic acids is 1. The lowest BCUT2D eigenvalue weighted by atomic mass is 10.0. The topological polar surface area (TPSA) is 134 Å². The number of aromatic hydroxyl groups is 1. The highest BCUT2D eigenvalue weighted by atomic mass is 32.2. The van der Waals surface area contributed by atoms with Gasteiger partial charge in [0.2, 0.25) is 0 Å². The maximum absolute atomic E-state index is 13.3. The molecule has 0 saturated carbocycles. The van der Waals surface area contributed by atoms with Gasteiger partial charge in [0.05, 0.1) is 35.9 Å². The second-order valence-corrected chi connectivity index (χ2v) is 8.53. The van der Waals surface area contributed by atoms with Crippen molar-refractivity contribution in [3.63, 3.8) is 0 Å². The Morgan fingerprint density at radius 1 is 1.14 bits per heavy atom. The Bertz CT molecular complexity index is 1370. The maximum Gasteiger partial charge on any atom is 0.417 e. The standard InChI is InChI=1S/C22H17F3N4O5S/c23-22(24,25)14-4-2-1-3-12(14)15-6-26-11(5-27-15)8-29-16-10-35-9-13(16)19(32)18(21(29)34)20(33)28-7-17(30)31/h1-6,32H,7-10H2,(H,28,33)(H,30,31). The number of thioether (sulfide) groups is 1. The summed E-state index contributed by atoms with van der Waals surface area (Å²) in [7, 11) is 0. The number of pyridine rings is 1. The molecule has 1 aliphatic rings. The Balaban J connectivity index is 1.70. The number of aromatic nitrogens is 3. The number of rotatable bonds is 6. The lowest BCUT2D eigenvalue weighted by molar-refractivity contribution is -0.137. The van der Waals surface area contributed by atoms with Gasteiger partial charge >= 0.3 is 12.1 Å². The van der Waals surface area contributed by atoms with E-state index < -0.39 is 47.0 Å². The van der Waals surface area contributed by atoms with Crippen molar-refractivity contribution in [2.75, 3.05) is 6.54 Å². The zero-order chi connectivity index (χ0) is 25.3. The summed E-state index contributed by atoms with van der Waals surface area (Å²) >= 11 is 1.40. The number of hydrogen-bond acceptors (Lipinski definition) is 7. The van der Waals surface area contributed by atoms with Gasteiger partial charge in [0.15, 0.2) is 0 Å². The predicted octanol–water partition coefficient (Wildman–Crippen LogP) is 2.64. The first kappa shape index (κ1) is 24.3. The van der Waals surface area contributed by atoms with E-state index in [2.05, 4.69) is 15.3 Å². The van der Waals surface area contributed by atoms with Crippen LogP contribution in [0.1, 0.15) is 32.9 Å². The third-order valence-corrected chi connectivity index (χ3v) is 6.27. The Morgan fingerprint density at radius 3 is 2.54 bits per heavy atom. The summed E-state index contributed by atoms with van der Waals surface area (Å²) in [6.45, 7) is -0.898. The van der Waals surface area contributed by atoms with Crippen molar-refractivity contribution >= 4 is 23.6 Å². The summed E-state index contributed by atoms with van der Waals surface area (Å²) in [4.78, 5) is 44.5. The number of benzene rings is 1. The van der Waals surface area contributed by atoms with Crippen molar-refractivity contribution in [1.82, 2.24) is 19.9 Å². The summed E-state index contributed by atoms with van der Waals surface area (Å²) < 4.78 is 41.2. The first-order valence-corrected chi connectivity index (χ1v) is 11.3. The summed E-state index contributed by atoms with van der Waals surface area (Å²) in [6.07, 6.45) is -2.17. The summed E-state index contributed by atoms with van der Waals surface area (Å²) in [5, 5.41) is 21.4. The number of alkyl halides is 3. The van der Waals surface area contributed by atoms with E-state index in [1.165, 1.54) is 46.9 Å². The van der Waals surface area contributed by atoms with Crippen LogP contribution in [-0.4, -0.2) is 43.2 Å². The normalized spacial score (nSPS) is 12.9. The van der Waals surface area contributed by atoms with Crippen molar-refractivity contribution in [3.05, 3.63) is 75.1 Å². The largest absolute Gasteiger partial charge is 0.507 e. The smallest absolute Gasteiger partial charge is 0.417 e. The van der Waals surface area contributed by atoms with E-state index in [-0.39, 0.29) is 23.5 Å². The van der Waals surface area contributed by atoms with Gasteiger partial charge in [-0.25, -0.2) is 0 Å². The van der Waals surface area contributed by atoms with Gasteiger partial charge < -0.3 is 20.1 Å². The van der Waals surface area contributed by atoms with E-state index in [9.17, 15) is 32.7 Å². The number of amides is 1. The predicted molar refractivity (Wildman–Crippen MR) is 119 cm³/mol. The number of nitrogens with one attached hydrogen (secondary N) is 1. The van der Waals surface area contributed by atoms with E-state index in [0.717, 1.165) is 6.07 Å². The number of carboxylic acid groups (broad SMARTS) is 1. The van der Waals surface area contributed by atoms with Crippen LogP contribution in [-0.2, 0) is 29.0 Å². The van der Waals surface area contributed by atoms with E-state index in [4.69, 9.17) is 5.11 Å². The highest BCUT2D eigenvalue weighted by Gasteiger charge is 2.34. The highest BCUT2D eigenvalue weighted by Crippen LogP contribution is 2.37. The molecule has 2 aromatic heterocycles. The molecular formula is C22H17F3N4O5S. The van der Waals surface area contributed by atoms with Crippen LogP contribution < -0.4 is 10.9 Å². The van der Waals surface area contributed by atoms with Gasteiger partial charge in [-0.05, 0) is 6.07 Å². The molecule has 0 aliphatic carbocycles. The van der Waals surface area contributed by atoms with Crippen LogP contribution in [0.4, 0.5) is 13.2 Å². The molecule has 4 rings (SSSR count). The van der Waals surface area contributed by atoms with Crippen molar-refractivity contribution in [1.29, 1.82) is 0 Å². The number of carbonyl (C=O) groups excluding carboxylic acids is 1. The molecule has 3 N–H and O–H groups in total. The van der Waals surface area contributed by atoms with Gasteiger partial charge in [-0.2, -0.15) is 24.9 Å². The molecular weight excluding hydrogens is 489 g/mol. The van der Waals surface area contributed by atoms with E-state index in [1.54, 1.807) is 0 Å². The summed E-state index contributed by atoms with van der Waals surface area (Å²) in [5.74, 6) is -2.15. The van der Waals surface area contributed by atoms with Crippen LogP contribution in [0.5, 0.6) is 5.75 Å². The fraction of sp³-hybridized carbons (Fsp3) is 0.227. The van der Waals surface area contributed by atoms with Crippen molar-refractivity contribution in [3.8, 4) is 17.0 Å². The first-order chi connectivity index (χ1) is 16.6. The zero-order valence-electron chi connectivity index (χ0n) is 17.8. The minimum atomic E-state index is -4.58. The first-order valence-electron chi connectivity index (χ1n) is 10.1. The van der Waals surface area contributed by atoms with Gasteiger partial charge in [0, 0.05) is 28.3 Å². The minimum absolute atomic E-state index is 0.00532. The van der Waals surface area contributed by atoms with Crippen molar-refractivity contribution < 1.29 is 33.0 Å². The molecule has 0 saturated heterocycles. The van der Waals surface area contributed by atoms with E-state index >= 15 is 0 Å². The molecule has 182 valence electrons. The number of aliphatic carboxylic acids is 1. The fourth-order valence-corrected chi connectivity index (χ4v) is 4.82. The summed E-state index contributed by atoms with van der Waals surface area (Å²) in [6, 6.07) is 4.95. The van der Waals surface area contributed by atoms with E-state index in [0.29, 0.717) is 22.8 Å².